The van der Waals surface area contributed by atoms with Gasteiger partial charge in [0, 0.05) is 23.7 Å². The predicted octanol–water partition coefficient (Wildman–Crippen LogP) is 3.02. The van der Waals surface area contributed by atoms with E-state index in [1.54, 1.807) is 24.3 Å². The standard InChI is InChI=1S/C14H12ClN3O/c1-10(19)18-14-6-2-5-13(15)12(14)9-17(18)11-4-3-7-16-8-11/h2-8H,9H2,1H3. The zero-order valence-electron chi connectivity index (χ0n) is 10.4. The molecule has 1 aliphatic rings. The maximum atomic E-state index is 11.9. The van der Waals surface area contributed by atoms with Crippen LogP contribution >= 0.6 is 11.6 Å². The molecule has 1 aliphatic heterocycles. The summed E-state index contributed by atoms with van der Waals surface area (Å²) < 4.78 is 0. The van der Waals surface area contributed by atoms with Crippen molar-refractivity contribution in [2.75, 3.05) is 10.0 Å². The van der Waals surface area contributed by atoms with Crippen LogP contribution < -0.4 is 10.0 Å². The van der Waals surface area contributed by atoms with Crippen LogP contribution in [0.2, 0.25) is 5.02 Å². The van der Waals surface area contributed by atoms with Crippen LogP contribution in [0.15, 0.2) is 42.7 Å². The lowest BCUT2D eigenvalue weighted by Crippen LogP contribution is -2.41. The molecule has 0 radical (unpaired) electrons. The number of pyridine rings is 1. The number of rotatable bonds is 1. The Bertz CT molecular complexity index is 630. The van der Waals surface area contributed by atoms with E-state index in [2.05, 4.69) is 4.98 Å². The second kappa shape index (κ2) is 4.55. The summed E-state index contributed by atoms with van der Waals surface area (Å²) in [5.74, 6) is -0.0510. The lowest BCUT2D eigenvalue weighted by atomic mass is 10.2. The Morgan fingerprint density at radius 3 is 2.84 bits per heavy atom. The summed E-state index contributed by atoms with van der Waals surface area (Å²) in [7, 11) is 0. The molecule has 0 fully saturated rings. The number of anilines is 2. The monoisotopic (exact) mass is 273 g/mol. The van der Waals surface area contributed by atoms with Gasteiger partial charge in [-0.05, 0) is 24.3 Å². The highest BCUT2D eigenvalue weighted by Crippen LogP contribution is 2.38. The van der Waals surface area contributed by atoms with Gasteiger partial charge in [0.1, 0.15) is 0 Å². The van der Waals surface area contributed by atoms with Gasteiger partial charge in [-0.15, -0.1) is 0 Å². The summed E-state index contributed by atoms with van der Waals surface area (Å²) in [5, 5.41) is 4.19. The van der Waals surface area contributed by atoms with Gasteiger partial charge in [0.25, 0.3) is 0 Å². The highest BCUT2D eigenvalue weighted by atomic mass is 35.5. The Morgan fingerprint density at radius 2 is 2.16 bits per heavy atom. The van der Waals surface area contributed by atoms with E-state index in [1.807, 2.05) is 35.3 Å². The van der Waals surface area contributed by atoms with Crippen LogP contribution in [0.5, 0.6) is 0 Å². The van der Waals surface area contributed by atoms with E-state index < -0.39 is 0 Å². The first-order chi connectivity index (χ1) is 9.18. The molecule has 3 rings (SSSR count). The van der Waals surface area contributed by atoms with Crippen molar-refractivity contribution < 1.29 is 4.79 Å². The molecule has 2 heterocycles. The lowest BCUT2D eigenvalue weighted by Gasteiger charge is -2.28. The summed E-state index contributed by atoms with van der Waals surface area (Å²) in [4.78, 5) is 16.0. The largest absolute Gasteiger partial charge is 0.273 e. The second-order valence-corrected chi connectivity index (χ2v) is 4.74. The van der Waals surface area contributed by atoms with Crippen LogP contribution in [0, 0.1) is 0 Å². The third-order valence-electron chi connectivity index (χ3n) is 3.11. The molecule has 1 aromatic heterocycles. The molecule has 1 amide bonds. The molecule has 0 unspecified atom stereocenters. The number of benzene rings is 1. The van der Waals surface area contributed by atoms with Crippen LogP contribution in [-0.2, 0) is 11.3 Å². The highest BCUT2D eigenvalue weighted by Gasteiger charge is 2.31. The van der Waals surface area contributed by atoms with Gasteiger partial charge in [0.05, 0.1) is 24.1 Å². The van der Waals surface area contributed by atoms with Crippen LogP contribution in [0.25, 0.3) is 0 Å². The molecular formula is C14H12ClN3O. The fourth-order valence-corrected chi connectivity index (χ4v) is 2.53. The number of amides is 1. The van der Waals surface area contributed by atoms with Gasteiger partial charge < -0.3 is 0 Å². The van der Waals surface area contributed by atoms with Gasteiger partial charge in [0.15, 0.2) is 0 Å². The van der Waals surface area contributed by atoms with Crippen LogP contribution in [0.1, 0.15) is 12.5 Å². The smallest absolute Gasteiger partial charge is 0.242 e. The number of halogens is 1. The number of hydrogen-bond donors (Lipinski definition) is 0. The number of nitrogens with zero attached hydrogens (tertiary/aromatic N) is 3. The molecule has 0 saturated carbocycles. The van der Waals surface area contributed by atoms with Crippen LogP contribution in [0.3, 0.4) is 0 Å². The second-order valence-electron chi connectivity index (χ2n) is 4.34. The van der Waals surface area contributed by atoms with E-state index in [0.717, 1.165) is 16.9 Å². The maximum Gasteiger partial charge on any atom is 0.242 e. The Hall–Kier alpha value is -2.07. The minimum Gasteiger partial charge on any atom is -0.273 e. The zero-order chi connectivity index (χ0) is 13.4. The van der Waals surface area contributed by atoms with Gasteiger partial charge in [-0.2, -0.15) is 0 Å². The van der Waals surface area contributed by atoms with Gasteiger partial charge in [-0.1, -0.05) is 17.7 Å². The Kier molecular flexibility index (Phi) is 2.87. The fraction of sp³-hybridized carbons (Fsp3) is 0.143. The lowest BCUT2D eigenvalue weighted by molar-refractivity contribution is -0.116. The van der Waals surface area contributed by atoms with Gasteiger partial charge in [-0.3, -0.25) is 14.8 Å². The van der Waals surface area contributed by atoms with E-state index in [4.69, 9.17) is 11.6 Å². The number of fused-ring (bicyclic) bond motifs is 1. The van der Waals surface area contributed by atoms with Crippen molar-refractivity contribution in [2.45, 2.75) is 13.5 Å². The molecule has 1 aromatic carbocycles. The summed E-state index contributed by atoms with van der Waals surface area (Å²) >= 11 is 6.21. The van der Waals surface area contributed by atoms with E-state index in [9.17, 15) is 4.79 Å². The maximum absolute atomic E-state index is 11.9. The molecule has 0 atom stereocenters. The van der Waals surface area contributed by atoms with Gasteiger partial charge in [-0.25, -0.2) is 5.01 Å². The molecule has 0 aliphatic carbocycles. The first-order valence-corrected chi connectivity index (χ1v) is 6.32. The summed E-state index contributed by atoms with van der Waals surface area (Å²) in [6, 6.07) is 9.36. The first-order valence-electron chi connectivity index (χ1n) is 5.94. The minimum absolute atomic E-state index is 0.0510. The summed E-state index contributed by atoms with van der Waals surface area (Å²) in [6.45, 7) is 2.11. The Morgan fingerprint density at radius 1 is 1.32 bits per heavy atom. The van der Waals surface area contributed by atoms with Gasteiger partial charge >= 0.3 is 0 Å². The summed E-state index contributed by atoms with van der Waals surface area (Å²) in [5.41, 5.74) is 2.66. The normalized spacial score (nSPS) is 13.6. The molecule has 0 bridgehead atoms. The number of aromatic nitrogens is 1. The molecule has 0 saturated heterocycles. The fourth-order valence-electron chi connectivity index (χ4n) is 2.31. The van der Waals surface area contributed by atoms with E-state index in [0.29, 0.717) is 11.6 Å². The average molecular weight is 274 g/mol. The Labute approximate surface area is 116 Å². The quantitative estimate of drug-likeness (QED) is 0.801. The molecule has 96 valence electrons. The first kappa shape index (κ1) is 12.0. The molecular weight excluding hydrogens is 262 g/mol. The zero-order valence-corrected chi connectivity index (χ0v) is 11.1. The van der Waals surface area contributed by atoms with Crippen molar-refractivity contribution in [1.29, 1.82) is 0 Å². The number of carbonyl (C=O) groups is 1. The van der Waals surface area contributed by atoms with Crippen LogP contribution in [-0.4, -0.2) is 10.9 Å². The van der Waals surface area contributed by atoms with E-state index >= 15 is 0 Å². The minimum atomic E-state index is -0.0510. The highest BCUT2D eigenvalue weighted by molar-refractivity contribution is 6.32. The number of hydrogen-bond acceptors (Lipinski definition) is 3. The number of hydrazine groups is 1. The van der Waals surface area contributed by atoms with Gasteiger partial charge in [0.2, 0.25) is 5.91 Å². The molecule has 4 nitrogen and oxygen atoms in total. The third-order valence-corrected chi connectivity index (χ3v) is 3.47. The SMILES string of the molecule is CC(=O)N1c2cccc(Cl)c2CN1c1cccnc1. The summed E-state index contributed by atoms with van der Waals surface area (Å²) in [6.07, 6.45) is 3.44. The molecule has 0 N–H and O–H groups in total. The van der Waals surface area contributed by atoms with Crippen molar-refractivity contribution >= 4 is 28.9 Å². The average Bonchev–Trinajstić information content (AvgIpc) is 2.81. The van der Waals surface area contributed by atoms with Crippen molar-refractivity contribution in [1.82, 2.24) is 4.98 Å². The molecule has 0 spiro atoms. The van der Waals surface area contributed by atoms with Crippen LogP contribution in [0.4, 0.5) is 11.4 Å². The topological polar surface area (TPSA) is 36.4 Å². The van der Waals surface area contributed by atoms with E-state index in [-0.39, 0.29) is 5.91 Å². The van der Waals surface area contributed by atoms with Crippen molar-refractivity contribution in [3.63, 3.8) is 0 Å². The Balaban J connectivity index is 2.10. The number of carbonyl (C=O) groups excluding carboxylic acids is 1. The van der Waals surface area contributed by atoms with Crippen molar-refractivity contribution in [3.8, 4) is 0 Å². The van der Waals surface area contributed by atoms with Crippen molar-refractivity contribution in [3.05, 3.63) is 53.3 Å². The molecule has 19 heavy (non-hydrogen) atoms. The molecule has 2 aromatic rings. The molecule has 5 heteroatoms. The predicted molar refractivity (Wildman–Crippen MR) is 75.0 cm³/mol. The third kappa shape index (κ3) is 1.94. The van der Waals surface area contributed by atoms with E-state index in [1.165, 1.54) is 0 Å². The van der Waals surface area contributed by atoms with Crippen molar-refractivity contribution in [2.24, 2.45) is 0 Å².